The summed E-state index contributed by atoms with van der Waals surface area (Å²) in [5, 5.41) is 4.58. The molecular weight excluding hydrogens is 637 g/mol. The van der Waals surface area contributed by atoms with E-state index in [1.165, 1.54) is 33.0 Å². The van der Waals surface area contributed by atoms with Crippen LogP contribution in [0.2, 0.25) is 0 Å². The van der Waals surface area contributed by atoms with Crippen LogP contribution in [0.3, 0.4) is 0 Å². The second-order valence-corrected chi connectivity index (χ2v) is 13.3. The van der Waals surface area contributed by atoms with Gasteiger partial charge in [0.1, 0.15) is 11.2 Å². The number of ether oxygens (including phenoxy) is 1. The highest BCUT2D eigenvalue weighted by Gasteiger charge is 2.25. The second kappa shape index (κ2) is 11.2. The molecule has 10 aromatic rings. The number of benzene rings is 8. The van der Waals surface area contributed by atoms with Gasteiger partial charge in [0.25, 0.3) is 0 Å². The fraction of sp³-hybridized carbons (Fsp3) is 0. The van der Waals surface area contributed by atoms with E-state index in [1.807, 2.05) is 24.3 Å². The fourth-order valence-corrected chi connectivity index (χ4v) is 8.08. The number of aromatic nitrogens is 1. The third-order valence-electron chi connectivity index (χ3n) is 10.4. The van der Waals surface area contributed by atoms with Crippen LogP contribution in [0.5, 0.6) is 11.5 Å². The standard InChI is InChI=1S/C48H30N2O2/c1-2-11-31(12-3-1)32-23-27-34(28-24-32)49(41-18-10-21-44-46(41)39-13-4-6-19-42(39)51-44)35-29-25-33(26-30-35)36-14-8-15-37-38-16-9-22-45-48(38)50(47(36)37)40-17-5-7-20-43(40)52-45/h1-30H. The molecule has 3 heterocycles. The summed E-state index contributed by atoms with van der Waals surface area (Å²) in [4.78, 5) is 2.35. The van der Waals surface area contributed by atoms with Crippen LogP contribution >= 0.6 is 0 Å². The Labute approximate surface area is 300 Å². The molecule has 4 heteroatoms. The van der Waals surface area contributed by atoms with Gasteiger partial charge in [-0.05, 0) is 77.4 Å². The second-order valence-electron chi connectivity index (χ2n) is 13.3. The van der Waals surface area contributed by atoms with Gasteiger partial charge in [0.2, 0.25) is 0 Å². The minimum Gasteiger partial charge on any atom is -0.456 e. The first kappa shape index (κ1) is 28.8. The lowest BCUT2D eigenvalue weighted by molar-refractivity contribution is 0.476. The Morgan fingerprint density at radius 1 is 0.404 bits per heavy atom. The maximum absolute atomic E-state index is 6.40. The molecule has 1 aliphatic heterocycles. The van der Waals surface area contributed by atoms with Crippen LogP contribution in [0.1, 0.15) is 0 Å². The zero-order valence-electron chi connectivity index (χ0n) is 28.0. The smallest absolute Gasteiger partial charge is 0.152 e. The predicted molar refractivity (Wildman–Crippen MR) is 214 cm³/mol. The molecule has 0 radical (unpaired) electrons. The number of para-hydroxylation sites is 5. The molecule has 1 aliphatic rings. The van der Waals surface area contributed by atoms with E-state index < -0.39 is 0 Å². The highest BCUT2D eigenvalue weighted by Crippen LogP contribution is 2.48. The minimum absolute atomic E-state index is 0.861. The Morgan fingerprint density at radius 2 is 1.00 bits per heavy atom. The number of furan rings is 1. The van der Waals surface area contributed by atoms with Crippen molar-refractivity contribution < 1.29 is 9.15 Å². The molecule has 4 nitrogen and oxygen atoms in total. The summed E-state index contributed by atoms with van der Waals surface area (Å²) < 4.78 is 15.1. The van der Waals surface area contributed by atoms with Gasteiger partial charge < -0.3 is 18.6 Å². The predicted octanol–water partition coefficient (Wildman–Crippen LogP) is 13.6. The maximum atomic E-state index is 6.40. The van der Waals surface area contributed by atoms with Gasteiger partial charge in [0.05, 0.1) is 27.8 Å². The average Bonchev–Trinajstić information content (AvgIpc) is 3.77. The van der Waals surface area contributed by atoms with Crippen LogP contribution in [-0.4, -0.2) is 4.57 Å². The number of rotatable bonds is 5. The molecule has 0 spiro atoms. The van der Waals surface area contributed by atoms with E-state index in [0.29, 0.717) is 0 Å². The Kier molecular flexibility index (Phi) is 6.22. The van der Waals surface area contributed by atoms with Crippen molar-refractivity contribution in [2.45, 2.75) is 0 Å². The van der Waals surface area contributed by atoms with Crippen LogP contribution in [0.4, 0.5) is 17.1 Å². The van der Waals surface area contributed by atoms with Crippen molar-refractivity contribution in [3.63, 3.8) is 0 Å². The first-order chi connectivity index (χ1) is 25.8. The molecule has 52 heavy (non-hydrogen) atoms. The number of hydrogen-bond donors (Lipinski definition) is 0. The third-order valence-corrected chi connectivity index (χ3v) is 10.4. The van der Waals surface area contributed by atoms with Crippen molar-refractivity contribution in [3.05, 3.63) is 182 Å². The van der Waals surface area contributed by atoms with Crippen molar-refractivity contribution in [3.8, 4) is 39.4 Å². The first-order valence-electron chi connectivity index (χ1n) is 17.6. The van der Waals surface area contributed by atoms with Gasteiger partial charge in [-0.15, -0.1) is 0 Å². The molecule has 0 amide bonds. The highest BCUT2D eigenvalue weighted by molar-refractivity contribution is 6.16. The largest absolute Gasteiger partial charge is 0.456 e. The minimum atomic E-state index is 0.861. The number of anilines is 3. The molecule has 11 rings (SSSR count). The first-order valence-corrected chi connectivity index (χ1v) is 17.6. The number of hydrogen-bond acceptors (Lipinski definition) is 3. The zero-order chi connectivity index (χ0) is 34.2. The van der Waals surface area contributed by atoms with E-state index in [1.54, 1.807) is 0 Å². The molecule has 244 valence electrons. The van der Waals surface area contributed by atoms with Crippen molar-refractivity contribution in [1.29, 1.82) is 0 Å². The molecule has 0 atom stereocenters. The molecule has 0 unspecified atom stereocenters. The normalized spacial score (nSPS) is 12.0. The Morgan fingerprint density at radius 3 is 1.83 bits per heavy atom. The number of fused-ring (bicyclic) bond motifs is 8. The molecule has 0 fully saturated rings. The van der Waals surface area contributed by atoms with Crippen molar-refractivity contribution in [2.75, 3.05) is 4.90 Å². The summed E-state index contributed by atoms with van der Waals surface area (Å²) in [6, 6.07) is 64.2. The van der Waals surface area contributed by atoms with E-state index in [-0.39, 0.29) is 0 Å². The summed E-state index contributed by atoms with van der Waals surface area (Å²) >= 11 is 0. The van der Waals surface area contributed by atoms with E-state index in [9.17, 15) is 0 Å². The molecule has 8 aromatic carbocycles. The van der Waals surface area contributed by atoms with Gasteiger partial charge in [-0.1, -0.05) is 121 Å². The molecule has 0 saturated carbocycles. The highest BCUT2D eigenvalue weighted by atomic mass is 16.5. The van der Waals surface area contributed by atoms with Gasteiger partial charge in [-0.25, -0.2) is 0 Å². The Hall–Kier alpha value is -7.04. The number of nitrogens with zero attached hydrogens (tertiary/aromatic N) is 2. The van der Waals surface area contributed by atoms with Gasteiger partial charge in [-0.3, -0.25) is 0 Å². The van der Waals surface area contributed by atoms with Crippen molar-refractivity contribution in [1.82, 2.24) is 4.57 Å². The summed E-state index contributed by atoms with van der Waals surface area (Å²) in [6.07, 6.45) is 0. The molecule has 0 N–H and O–H groups in total. The van der Waals surface area contributed by atoms with E-state index in [4.69, 9.17) is 9.15 Å². The molecule has 0 saturated heterocycles. The van der Waals surface area contributed by atoms with Gasteiger partial charge in [0, 0.05) is 33.1 Å². The molecule has 0 bridgehead atoms. The van der Waals surface area contributed by atoms with Crippen LogP contribution < -0.4 is 9.64 Å². The van der Waals surface area contributed by atoms with E-state index >= 15 is 0 Å². The lowest BCUT2D eigenvalue weighted by Crippen LogP contribution is -2.10. The Balaban J connectivity index is 1.10. The van der Waals surface area contributed by atoms with Crippen LogP contribution in [-0.2, 0) is 0 Å². The summed E-state index contributed by atoms with van der Waals surface area (Å²) in [5.74, 6) is 1.74. The quantitative estimate of drug-likeness (QED) is 0.183. The summed E-state index contributed by atoms with van der Waals surface area (Å²) in [5.41, 5.74) is 13.0. The fourth-order valence-electron chi connectivity index (χ4n) is 8.08. The van der Waals surface area contributed by atoms with E-state index in [2.05, 4.69) is 167 Å². The molecule has 2 aromatic heterocycles. The summed E-state index contributed by atoms with van der Waals surface area (Å²) in [7, 11) is 0. The molecule has 0 aliphatic carbocycles. The van der Waals surface area contributed by atoms with Gasteiger partial charge >= 0.3 is 0 Å². The Bertz CT molecular complexity index is 2970. The lowest BCUT2D eigenvalue weighted by Gasteiger charge is -2.27. The average molecular weight is 667 g/mol. The SMILES string of the molecule is c1ccc(-c2ccc(N(c3ccc(-c4cccc5c6cccc7c6n(c45)-c4ccccc4O7)cc3)c3cccc4oc5ccccc5c34)cc2)cc1. The van der Waals surface area contributed by atoms with Crippen LogP contribution in [0.15, 0.2) is 186 Å². The zero-order valence-corrected chi connectivity index (χ0v) is 28.0. The van der Waals surface area contributed by atoms with Gasteiger partial charge in [0.15, 0.2) is 11.5 Å². The van der Waals surface area contributed by atoms with Crippen molar-refractivity contribution in [2.24, 2.45) is 0 Å². The lowest BCUT2D eigenvalue weighted by atomic mass is 10.0. The van der Waals surface area contributed by atoms with Crippen LogP contribution in [0.25, 0.3) is 71.7 Å². The molecular formula is C48H30N2O2. The monoisotopic (exact) mass is 666 g/mol. The van der Waals surface area contributed by atoms with E-state index in [0.717, 1.165) is 67.3 Å². The third kappa shape index (κ3) is 4.28. The summed E-state index contributed by atoms with van der Waals surface area (Å²) in [6.45, 7) is 0. The van der Waals surface area contributed by atoms with Gasteiger partial charge in [-0.2, -0.15) is 0 Å². The van der Waals surface area contributed by atoms with Crippen LogP contribution in [0, 0.1) is 0 Å². The van der Waals surface area contributed by atoms with Crippen molar-refractivity contribution >= 4 is 60.8 Å². The maximum Gasteiger partial charge on any atom is 0.152 e. The topological polar surface area (TPSA) is 30.5 Å².